The number of rotatable bonds is 11. The molecule has 11 heteroatoms. The third-order valence-electron chi connectivity index (χ3n) is 1.75. The van der Waals surface area contributed by atoms with Crippen molar-refractivity contribution in [3.63, 3.8) is 0 Å². The van der Waals surface area contributed by atoms with Crippen LogP contribution in [0, 0.1) is 20.2 Å². The van der Waals surface area contributed by atoms with Crippen molar-refractivity contribution in [3.8, 4) is 0 Å². The quantitative estimate of drug-likeness (QED) is 0.298. The van der Waals surface area contributed by atoms with Gasteiger partial charge in [0.2, 0.25) is 5.91 Å². The Labute approximate surface area is 108 Å². The highest BCUT2D eigenvalue weighted by atomic mass is 17.0. The summed E-state index contributed by atoms with van der Waals surface area (Å²) in [4.78, 5) is 39.2. The third-order valence-corrected chi connectivity index (χ3v) is 1.75. The van der Waals surface area contributed by atoms with Crippen LogP contribution in [0.3, 0.4) is 0 Å². The van der Waals surface area contributed by atoms with Crippen molar-refractivity contribution in [1.82, 2.24) is 5.32 Å². The van der Waals surface area contributed by atoms with Crippen LogP contribution in [0.15, 0.2) is 0 Å². The first-order valence-electron chi connectivity index (χ1n) is 5.38. The Morgan fingerprint density at radius 3 is 2.47 bits per heavy atom. The minimum atomic E-state index is -1.23. The maximum Gasteiger partial charge on any atom is 0.294 e. The molecule has 0 heterocycles. The van der Waals surface area contributed by atoms with Gasteiger partial charge in [-0.15, -0.1) is 20.2 Å². The summed E-state index contributed by atoms with van der Waals surface area (Å²) in [7, 11) is 0. The van der Waals surface area contributed by atoms with E-state index in [4.69, 9.17) is 4.74 Å². The van der Waals surface area contributed by atoms with E-state index in [2.05, 4.69) is 15.0 Å². The predicted molar refractivity (Wildman–Crippen MR) is 58.9 cm³/mol. The van der Waals surface area contributed by atoms with Crippen LogP contribution in [0.1, 0.15) is 13.3 Å². The number of hydrogen-bond donors (Lipinski definition) is 1. The molecular formula is C8H15N3O8. The summed E-state index contributed by atoms with van der Waals surface area (Å²) in [5, 5.41) is 20.4. The average Bonchev–Trinajstić information content (AvgIpc) is 2.31. The van der Waals surface area contributed by atoms with Crippen LogP contribution >= 0.6 is 0 Å². The Hall–Kier alpha value is -2.17. The second-order valence-corrected chi connectivity index (χ2v) is 3.25. The lowest BCUT2D eigenvalue weighted by atomic mass is 10.4. The molecule has 1 atom stereocenters. The van der Waals surface area contributed by atoms with Gasteiger partial charge in [-0.2, -0.15) is 0 Å². The number of hydrogen-bond acceptors (Lipinski definition) is 8. The molecule has 0 aromatic carbocycles. The predicted octanol–water partition coefficient (Wildman–Crippen LogP) is -0.686. The Bertz CT molecular complexity index is 310. The summed E-state index contributed by atoms with van der Waals surface area (Å²) in [6, 6.07) is 0. The lowest BCUT2D eigenvalue weighted by Crippen LogP contribution is -2.30. The Morgan fingerprint density at radius 2 is 1.95 bits per heavy atom. The molecular weight excluding hydrogens is 266 g/mol. The van der Waals surface area contributed by atoms with Crippen molar-refractivity contribution < 1.29 is 29.4 Å². The van der Waals surface area contributed by atoms with Crippen LogP contribution in [0.4, 0.5) is 0 Å². The van der Waals surface area contributed by atoms with Crippen molar-refractivity contribution in [3.05, 3.63) is 20.2 Å². The van der Waals surface area contributed by atoms with Gasteiger partial charge in [0.15, 0.2) is 6.10 Å². The molecule has 11 nitrogen and oxygen atoms in total. The number of ether oxygens (including phenoxy) is 1. The third kappa shape index (κ3) is 10.7. The van der Waals surface area contributed by atoms with E-state index in [1.165, 1.54) is 0 Å². The van der Waals surface area contributed by atoms with Gasteiger partial charge in [-0.25, -0.2) is 0 Å². The van der Waals surface area contributed by atoms with E-state index < -0.39 is 22.9 Å². The molecule has 0 aliphatic carbocycles. The van der Waals surface area contributed by atoms with E-state index in [1.54, 1.807) is 6.92 Å². The topological polar surface area (TPSA) is 143 Å². The van der Waals surface area contributed by atoms with Crippen LogP contribution in [-0.4, -0.2) is 48.5 Å². The first kappa shape index (κ1) is 16.8. The van der Waals surface area contributed by atoms with E-state index in [1.807, 2.05) is 0 Å². The molecule has 1 N–H and O–H groups in total. The lowest BCUT2D eigenvalue weighted by Gasteiger charge is -2.13. The second kappa shape index (κ2) is 9.82. The fourth-order valence-corrected chi connectivity index (χ4v) is 1.04. The molecule has 0 aliphatic rings. The van der Waals surface area contributed by atoms with E-state index in [9.17, 15) is 25.0 Å². The summed E-state index contributed by atoms with van der Waals surface area (Å²) >= 11 is 0. The number of carbonyl (C=O) groups excluding carboxylic acids is 1. The first-order chi connectivity index (χ1) is 8.95. The maximum atomic E-state index is 11.0. The molecule has 0 bridgehead atoms. The van der Waals surface area contributed by atoms with E-state index in [-0.39, 0.29) is 25.5 Å². The smallest absolute Gasteiger partial charge is 0.294 e. The molecule has 0 radical (unpaired) electrons. The van der Waals surface area contributed by atoms with Crippen molar-refractivity contribution in [2.45, 2.75) is 19.4 Å². The number of nitrogens with zero attached hydrogens (tertiary/aromatic N) is 2. The van der Waals surface area contributed by atoms with E-state index in [0.717, 1.165) is 0 Å². The number of nitrogens with one attached hydrogen (secondary N) is 1. The Balaban J connectivity index is 3.87. The number of carbonyl (C=O) groups is 1. The molecule has 0 aliphatic heterocycles. The lowest BCUT2D eigenvalue weighted by molar-refractivity contribution is -0.790. The van der Waals surface area contributed by atoms with Crippen molar-refractivity contribution >= 4 is 5.91 Å². The maximum absolute atomic E-state index is 11.0. The molecule has 0 saturated heterocycles. The zero-order chi connectivity index (χ0) is 14.7. The summed E-state index contributed by atoms with van der Waals surface area (Å²) in [5.74, 6) is -0.226. The summed E-state index contributed by atoms with van der Waals surface area (Å²) in [6.45, 7) is 1.34. The van der Waals surface area contributed by atoms with Gasteiger partial charge in [0.05, 0.1) is 13.2 Å². The van der Waals surface area contributed by atoms with Crippen molar-refractivity contribution in [2.75, 3.05) is 26.4 Å². The molecule has 1 amide bonds. The van der Waals surface area contributed by atoms with Gasteiger partial charge in [-0.3, -0.25) is 4.79 Å². The highest BCUT2D eigenvalue weighted by Gasteiger charge is 2.16. The molecule has 0 fully saturated rings. The highest BCUT2D eigenvalue weighted by Crippen LogP contribution is 1.97. The fourth-order valence-electron chi connectivity index (χ4n) is 1.04. The molecule has 0 aromatic rings. The minimum absolute atomic E-state index is 0.0157. The van der Waals surface area contributed by atoms with Gasteiger partial charge in [0.1, 0.15) is 6.61 Å². The van der Waals surface area contributed by atoms with Gasteiger partial charge >= 0.3 is 0 Å². The zero-order valence-corrected chi connectivity index (χ0v) is 10.3. The zero-order valence-electron chi connectivity index (χ0n) is 10.3. The standard InChI is InChI=1S/C8H15N3O8/c1-2-9-8(12)3-4-17-5-7(19-11(15)16)6-18-10(13)14/h7H,2-6H2,1H3,(H,9,12). The molecule has 110 valence electrons. The van der Waals surface area contributed by atoms with Crippen LogP contribution in [0.25, 0.3) is 0 Å². The van der Waals surface area contributed by atoms with Gasteiger partial charge in [-0.1, -0.05) is 0 Å². The van der Waals surface area contributed by atoms with Crippen molar-refractivity contribution in [2.24, 2.45) is 0 Å². The van der Waals surface area contributed by atoms with Gasteiger partial charge in [-0.05, 0) is 6.92 Å². The summed E-state index contributed by atoms with van der Waals surface area (Å²) in [6.07, 6.45) is -1.15. The largest absolute Gasteiger partial charge is 0.379 e. The van der Waals surface area contributed by atoms with Crippen LogP contribution in [0.2, 0.25) is 0 Å². The van der Waals surface area contributed by atoms with Crippen LogP contribution in [0.5, 0.6) is 0 Å². The van der Waals surface area contributed by atoms with E-state index >= 15 is 0 Å². The van der Waals surface area contributed by atoms with Gasteiger partial charge in [0, 0.05) is 13.0 Å². The molecule has 0 aromatic heterocycles. The Morgan fingerprint density at radius 1 is 1.26 bits per heavy atom. The Kier molecular flexibility index (Phi) is 8.70. The monoisotopic (exact) mass is 281 g/mol. The highest BCUT2D eigenvalue weighted by molar-refractivity contribution is 5.75. The minimum Gasteiger partial charge on any atom is -0.379 e. The average molecular weight is 281 g/mol. The SMILES string of the molecule is CCNC(=O)CCOCC(CO[N+](=O)[O-])O[N+](=O)[O-]. The summed E-state index contributed by atoms with van der Waals surface area (Å²) < 4.78 is 4.95. The normalized spacial score (nSPS) is 11.4. The van der Waals surface area contributed by atoms with Gasteiger partial charge < -0.3 is 19.7 Å². The molecule has 1 unspecified atom stereocenters. The van der Waals surface area contributed by atoms with Gasteiger partial charge in [0.25, 0.3) is 10.2 Å². The second-order valence-electron chi connectivity index (χ2n) is 3.25. The first-order valence-corrected chi connectivity index (χ1v) is 5.38. The molecule has 0 rings (SSSR count). The molecule has 0 saturated carbocycles. The molecule has 0 spiro atoms. The van der Waals surface area contributed by atoms with Crippen molar-refractivity contribution in [1.29, 1.82) is 0 Å². The number of amides is 1. The van der Waals surface area contributed by atoms with Crippen LogP contribution in [-0.2, 0) is 19.2 Å². The van der Waals surface area contributed by atoms with E-state index in [0.29, 0.717) is 6.54 Å². The summed E-state index contributed by atoms with van der Waals surface area (Å²) in [5.41, 5.74) is 0. The fraction of sp³-hybridized carbons (Fsp3) is 0.875. The van der Waals surface area contributed by atoms with Crippen LogP contribution < -0.4 is 5.32 Å². The molecule has 19 heavy (non-hydrogen) atoms.